The van der Waals surface area contributed by atoms with Gasteiger partial charge in [0.2, 0.25) is 0 Å². The minimum absolute atomic E-state index is 0. The summed E-state index contributed by atoms with van der Waals surface area (Å²) in [6, 6.07) is 23.5. The van der Waals surface area contributed by atoms with Crippen LogP contribution in [-0.2, 0) is 6.42 Å². The molecular weight excluding hydrogens is 1080 g/mol. The molecule has 6 rings (SSSR count). The third-order valence-corrected chi connectivity index (χ3v) is 11.9. The maximum Gasteiger partial charge on any atom is 2.00 e. The van der Waals surface area contributed by atoms with E-state index in [9.17, 15) is 9.18 Å². The van der Waals surface area contributed by atoms with Gasteiger partial charge in [0.1, 0.15) is 0 Å². The van der Waals surface area contributed by atoms with Crippen molar-refractivity contribution in [3.05, 3.63) is 125 Å². The Balaban J connectivity index is 0.000000410. The molecule has 3 heterocycles. The number of hydrogen-bond donors (Lipinski definition) is 1. The fourth-order valence-corrected chi connectivity index (χ4v) is 9.40. The Morgan fingerprint density at radius 1 is 1.02 bits per heavy atom. The molecule has 3 aromatic carbocycles. The Labute approximate surface area is 298 Å². The van der Waals surface area contributed by atoms with Crippen LogP contribution in [0.5, 0.6) is 0 Å². The standard InChI is InChI=1S/C26H21FIN2O.C7H14N.2U/c27-19-8-6-18(7-9-19)26(31)30-15-12-21-22-16-20(28-13-14-28)10-11-23(22)29-24(21)25(30)17-4-2-1-3-5-17;1-4-7-8(5-2)6-3;;/h2-11,16,25,29H,12-15H2;1-7H2;;/q-1;-3;2*+2. The van der Waals surface area contributed by atoms with Crippen LogP contribution in [-0.4, -0.2) is 55.7 Å². The van der Waals surface area contributed by atoms with E-state index in [2.05, 4.69) is 54.9 Å². The van der Waals surface area contributed by atoms with Gasteiger partial charge >= 0.3 is 246 Å². The van der Waals surface area contributed by atoms with Gasteiger partial charge in [0.25, 0.3) is 0 Å². The predicted molar refractivity (Wildman–Crippen MR) is 166 cm³/mol. The fraction of sp³-hybridized carbons (Fsp3) is 0.273. The number of benzene rings is 3. The van der Waals surface area contributed by atoms with Crippen LogP contribution in [0.4, 0.5) is 4.39 Å². The number of carbonyl (C=O) groups is 1. The number of hydrogen-bond acceptors (Lipinski definition) is 2. The number of halogens is 2. The van der Waals surface area contributed by atoms with Gasteiger partial charge < -0.3 is 25.7 Å². The Kier molecular flexibility index (Phi) is 14.0. The molecule has 8 heteroatoms. The molecular formula is C33H35FIN3OU2. The number of amides is 1. The van der Waals surface area contributed by atoms with Crippen molar-refractivity contribution in [1.29, 1.82) is 0 Å². The van der Waals surface area contributed by atoms with Gasteiger partial charge in [0, 0.05) is 0 Å². The Hall–Kier alpha value is -0.606. The van der Waals surface area contributed by atoms with E-state index in [1.54, 1.807) is 15.7 Å². The topological polar surface area (TPSA) is 39.3 Å². The zero-order valence-electron chi connectivity index (χ0n) is 23.3. The summed E-state index contributed by atoms with van der Waals surface area (Å²) >= 11 is -0.837. The summed E-state index contributed by atoms with van der Waals surface area (Å²) in [5.41, 5.74) is 5.14. The summed E-state index contributed by atoms with van der Waals surface area (Å²) < 4.78 is 17.9. The SMILES string of the molecule is O=C(c1ccc(F)cc1)N1CCc2c([nH]c3ccc(I4CC4)cc23)C1c1cc[c-]cc1.[CH2-]CCN(C[CH2-])C[CH2-].[U+2].[U+2]. The first kappa shape index (κ1) is 34.9. The first-order valence-electron chi connectivity index (χ1n) is 13.4. The number of H-pyrrole nitrogens is 1. The molecule has 2 aliphatic rings. The van der Waals surface area contributed by atoms with Crippen LogP contribution in [0, 0.1) is 98.5 Å². The molecule has 0 saturated carbocycles. The molecule has 1 unspecified atom stereocenters. The van der Waals surface area contributed by atoms with E-state index in [0.29, 0.717) is 12.1 Å². The van der Waals surface area contributed by atoms with Crippen molar-refractivity contribution in [2.45, 2.75) is 18.9 Å². The Morgan fingerprint density at radius 3 is 2.29 bits per heavy atom. The van der Waals surface area contributed by atoms with Gasteiger partial charge in [-0.15, -0.1) is 13.1 Å². The summed E-state index contributed by atoms with van der Waals surface area (Å²) in [5.74, 6) is -0.409. The second-order valence-corrected chi connectivity index (χ2v) is 15.7. The molecule has 1 atom stereocenters. The van der Waals surface area contributed by atoms with E-state index < -0.39 is 19.8 Å². The van der Waals surface area contributed by atoms with Crippen LogP contribution in [0.2, 0.25) is 0 Å². The number of nitrogens with zero attached hydrogens (tertiary/aromatic N) is 2. The van der Waals surface area contributed by atoms with Crippen molar-refractivity contribution in [1.82, 2.24) is 14.8 Å². The second-order valence-electron chi connectivity index (χ2n) is 9.73. The zero-order valence-corrected chi connectivity index (χ0v) is 33.7. The normalized spacial score (nSPS) is 16.3. The van der Waals surface area contributed by atoms with Crippen LogP contribution in [0.1, 0.15) is 39.6 Å². The monoisotopic (exact) mass is 1110 g/mol. The molecule has 0 radical (unpaired) electrons. The smallest absolute Gasteiger partial charge is 0.365 e. The number of alkyl halides is 2. The van der Waals surface area contributed by atoms with Gasteiger partial charge in [0.05, 0.1) is 0 Å². The van der Waals surface area contributed by atoms with E-state index in [0.717, 1.165) is 49.2 Å². The van der Waals surface area contributed by atoms with Crippen molar-refractivity contribution in [2.24, 2.45) is 0 Å². The number of aromatic amines is 1. The van der Waals surface area contributed by atoms with E-state index >= 15 is 0 Å². The van der Waals surface area contributed by atoms with Crippen molar-refractivity contribution in [3.8, 4) is 0 Å². The van der Waals surface area contributed by atoms with Gasteiger partial charge in [-0.2, -0.15) is 6.42 Å². The van der Waals surface area contributed by atoms with Crippen molar-refractivity contribution >= 4 is 36.6 Å². The zero-order chi connectivity index (χ0) is 27.4. The number of aromatic nitrogens is 1. The first-order valence-corrected chi connectivity index (χ1v) is 17.6. The maximum atomic E-state index is 13.5. The van der Waals surface area contributed by atoms with Crippen LogP contribution >= 0.6 is 19.8 Å². The summed E-state index contributed by atoms with van der Waals surface area (Å²) in [5, 5.41) is 1.32. The molecule has 210 valence electrons. The summed E-state index contributed by atoms with van der Waals surface area (Å²) in [6.45, 7) is 14.5. The van der Waals surface area contributed by atoms with Crippen molar-refractivity contribution in [3.63, 3.8) is 0 Å². The summed E-state index contributed by atoms with van der Waals surface area (Å²) in [6.07, 6.45) is 1.76. The summed E-state index contributed by atoms with van der Waals surface area (Å²) in [4.78, 5) is 21.2. The third-order valence-electron chi connectivity index (χ3n) is 7.29. The average Bonchev–Trinajstić information content (AvgIpc) is 3.76. The molecule has 1 N–H and O–H groups in total. The van der Waals surface area contributed by atoms with Gasteiger partial charge in [-0.3, -0.25) is 0 Å². The van der Waals surface area contributed by atoms with Gasteiger partial charge in [0.15, 0.2) is 0 Å². The van der Waals surface area contributed by atoms with E-state index in [1.165, 1.54) is 31.9 Å². The Bertz CT molecular complexity index is 1410. The molecule has 0 spiro atoms. The fourth-order valence-electron chi connectivity index (χ4n) is 5.15. The van der Waals surface area contributed by atoms with Crippen molar-refractivity contribution < 1.29 is 71.4 Å². The number of rotatable bonds is 7. The number of fused-ring (bicyclic) bond motifs is 3. The second kappa shape index (κ2) is 16.5. The number of carbonyl (C=O) groups excluding carboxylic acids is 1. The molecule has 1 saturated heterocycles. The molecule has 4 nitrogen and oxygen atoms in total. The van der Waals surface area contributed by atoms with Crippen LogP contribution in [0.15, 0.2) is 66.7 Å². The third kappa shape index (κ3) is 8.31. The van der Waals surface area contributed by atoms with E-state index in [1.807, 2.05) is 29.2 Å². The molecule has 0 bridgehead atoms. The van der Waals surface area contributed by atoms with Gasteiger partial charge in [-0.25, -0.2) is 4.39 Å². The van der Waals surface area contributed by atoms with Gasteiger partial charge in [-0.05, 0) is 6.54 Å². The molecule has 1 aromatic heterocycles. The largest absolute Gasteiger partial charge is 2.00 e. The quantitative estimate of drug-likeness (QED) is 0.126. The maximum absolute atomic E-state index is 13.5. The molecule has 1 fully saturated rings. The first-order chi connectivity index (χ1) is 19.0. The van der Waals surface area contributed by atoms with E-state index in [4.69, 9.17) is 0 Å². The molecule has 4 aromatic rings. The van der Waals surface area contributed by atoms with Gasteiger partial charge in [-0.1, -0.05) is 0 Å². The van der Waals surface area contributed by atoms with Crippen LogP contribution in [0.25, 0.3) is 10.9 Å². The van der Waals surface area contributed by atoms with Crippen molar-refractivity contribution in [2.75, 3.05) is 35.0 Å². The van der Waals surface area contributed by atoms with Crippen LogP contribution < -0.4 is 0 Å². The average molecular weight is 1110 g/mol. The molecule has 1 amide bonds. The van der Waals surface area contributed by atoms with Crippen LogP contribution in [0.3, 0.4) is 0 Å². The molecule has 2 aliphatic heterocycles. The molecule has 41 heavy (non-hydrogen) atoms. The van der Waals surface area contributed by atoms with E-state index in [-0.39, 0.29) is 80.0 Å². The molecule has 0 aliphatic carbocycles. The predicted octanol–water partition coefficient (Wildman–Crippen LogP) is 6.77. The minimum Gasteiger partial charge on any atom is -0.365 e. The number of nitrogens with one attached hydrogen (secondary N) is 1. The summed E-state index contributed by atoms with van der Waals surface area (Å²) in [7, 11) is 0. The minimum atomic E-state index is -0.837. The Morgan fingerprint density at radius 2 is 1.71 bits per heavy atom.